The number of rotatable bonds is 10. The van der Waals surface area contributed by atoms with E-state index >= 15 is 0 Å². The number of aromatic nitrogens is 4. The number of carbonyl (C=O) groups is 1. The lowest BCUT2D eigenvalue weighted by Crippen LogP contribution is -2.54. The van der Waals surface area contributed by atoms with Gasteiger partial charge in [0.25, 0.3) is 5.91 Å². The van der Waals surface area contributed by atoms with Crippen molar-refractivity contribution in [1.82, 2.24) is 40.6 Å². The molecule has 1 aliphatic heterocycles. The van der Waals surface area contributed by atoms with Gasteiger partial charge in [-0.05, 0) is 101 Å². The molecule has 0 spiro atoms. The number of nitriles is 1. The Morgan fingerprint density at radius 3 is 2.27 bits per heavy atom. The molecule has 252 valence electrons. The first-order chi connectivity index (χ1) is 23.1. The van der Waals surface area contributed by atoms with E-state index in [4.69, 9.17) is 5.10 Å². The van der Waals surface area contributed by atoms with E-state index in [9.17, 15) is 10.1 Å². The van der Waals surface area contributed by atoms with Crippen LogP contribution >= 0.6 is 0 Å². The van der Waals surface area contributed by atoms with Crippen molar-refractivity contribution in [2.45, 2.75) is 81.2 Å². The van der Waals surface area contributed by atoms with Gasteiger partial charge >= 0.3 is 0 Å². The van der Waals surface area contributed by atoms with Crippen LogP contribution < -0.4 is 5.32 Å². The molecule has 48 heavy (non-hydrogen) atoms. The van der Waals surface area contributed by atoms with Gasteiger partial charge in [0.15, 0.2) is 5.82 Å². The molecule has 0 radical (unpaired) electrons. The smallest absolute Gasteiger partial charge is 0.253 e. The summed E-state index contributed by atoms with van der Waals surface area (Å²) in [5.74, 6) is 0.685. The highest BCUT2D eigenvalue weighted by Crippen LogP contribution is 2.51. The van der Waals surface area contributed by atoms with Gasteiger partial charge in [-0.1, -0.05) is 50.6 Å². The number of likely N-dealkylation sites (tertiary alicyclic amines) is 1. The molecule has 1 amide bonds. The summed E-state index contributed by atoms with van der Waals surface area (Å²) >= 11 is 0. The highest BCUT2D eigenvalue weighted by Gasteiger charge is 2.50. The number of aromatic amines is 1. The Hall–Kier alpha value is -4.49. The molecule has 2 atom stereocenters. The van der Waals surface area contributed by atoms with Gasteiger partial charge in [0.05, 0.1) is 11.5 Å². The zero-order chi connectivity index (χ0) is 34.1. The molecule has 3 aliphatic rings. The number of fused-ring (bicyclic) bond motifs is 2. The minimum Gasteiger partial charge on any atom is -0.378 e. The van der Waals surface area contributed by atoms with Crippen LogP contribution in [-0.4, -0.2) is 94.1 Å². The third kappa shape index (κ3) is 6.12. The van der Waals surface area contributed by atoms with E-state index in [1.165, 1.54) is 17.5 Å². The first-order valence-electron chi connectivity index (χ1n) is 17.3. The lowest BCUT2D eigenvalue weighted by Gasteiger charge is -2.47. The number of amides is 1. The molecule has 0 bridgehead atoms. The molecule has 2 unspecified atom stereocenters. The van der Waals surface area contributed by atoms with Crippen molar-refractivity contribution in [1.29, 1.82) is 5.26 Å². The number of benzene rings is 2. The van der Waals surface area contributed by atoms with E-state index in [0.29, 0.717) is 17.9 Å². The Labute approximate surface area is 284 Å². The fourth-order valence-corrected chi connectivity index (χ4v) is 8.37. The van der Waals surface area contributed by atoms with Crippen LogP contribution in [0.4, 0.5) is 0 Å². The number of H-pyrrole nitrogens is 1. The van der Waals surface area contributed by atoms with Crippen molar-refractivity contribution in [3.63, 3.8) is 0 Å². The maximum Gasteiger partial charge on any atom is 0.253 e. The molecule has 2 aliphatic carbocycles. The van der Waals surface area contributed by atoms with E-state index in [2.05, 4.69) is 75.3 Å². The summed E-state index contributed by atoms with van der Waals surface area (Å²) in [6.07, 6.45) is 9.64. The summed E-state index contributed by atoms with van der Waals surface area (Å²) in [4.78, 5) is 19.1. The van der Waals surface area contributed by atoms with Gasteiger partial charge in [-0.25, -0.2) is 5.10 Å². The fourth-order valence-electron chi connectivity index (χ4n) is 8.37. The van der Waals surface area contributed by atoms with Crippen LogP contribution in [0.2, 0.25) is 0 Å². The molecule has 1 saturated heterocycles. The van der Waals surface area contributed by atoms with Crippen LogP contribution in [0.15, 0.2) is 55.3 Å². The van der Waals surface area contributed by atoms with Gasteiger partial charge in [0.1, 0.15) is 6.04 Å². The molecular weight excluding hydrogens is 598 g/mol. The summed E-state index contributed by atoms with van der Waals surface area (Å²) < 4.78 is 0. The highest BCUT2D eigenvalue weighted by atomic mass is 16.2. The van der Waals surface area contributed by atoms with Crippen LogP contribution in [-0.2, 0) is 18.3 Å². The maximum absolute atomic E-state index is 13.2. The van der Waals surface area contributed by atoms with E-state index < -0.39 is 5.41 Å². The zero-order valence-corrected chi connectivity index (χ0v) is 29.0. The number of hydrogen-bond acceptors (Lipinski definition) is 8. The summed E-state index contributed by atoms with van der Waals surface area (Å²) in [5.41, 5.74) is 7.37. The van der Waals surface area contributed by atoms with Gasteiger partial charge in [0.2, 0.25) is 0 Å². The van der Waals surface area contributed by atoms with Crippen molar-refractivity contribution >= 4 is 11.6 Å². The topological polar surface area (TPSA) is 117 Å². The third-order valence-corrected chi connectivity index (χ3v) is 11.0. The van der Waals surface area contributed by atoms with Crippen molar-refractivity contribution in [2.24, 2.45) is 0 Å². The Morgan fingerprint density at radius 1 is 1.00 bits per heavy atom. The minimum atomic E-state index is -0.725. The average molecular weight is 648 g/mol. The average Bonchev–Trinajstić information content (AvgIpc) is 3.80. The first-order valence-corrected chi connectivity index (χ1v) is 17.3. The first kappa shape index (κ1) is 33.4. The van der Waals surface area contributed by atoms with Crippen LogP contribution in [0.25, 0.3) is 5.70 Å². The molecule has 1 aromatic heterocycles. The van der Waals surface area contributed by atoms with Crippen molar-refractivity contribution in [3.8, 4) is 6.07 Å². The SMILES string of the molecule is C=C(c1ccc2c(c1)CCc1cc(C(=O)N(C)C)ccc1C2(CC1(NCC(=C)N2CCCC2C#N)CCCCC1)c1nnn[nH]1)N(C)C. The number of tetrazole rings is 1. The third-order valence-electron chi connectivity index (χ3n) is 11.0. The van der Waals surface area contributed by atoms with E-state index in [1.54, 1.807) is 19.0 Å². The standard InChI is InChI=1S/C38H49N9O/c1-26(47-20-10-11-32(47)23-39)24-40-37(18-8-7-9-19-37)25-38(36-41-43-44-42-36)33-16-14-28(27(2)45(3)4)21-29(33)12-13-30-22-31(15-17-34(30)38)35(48)46(5)6/h14-17,21-22,32,40H,1-2,7-13,18-20,24-25H2,3-6H3,(H,41,42,43,44). The largest absolute Gasteiger partial charge is 0.378 e. The minimum absolute atomic E-state index is 0.0161. The fraction of sp³-hybridized carbons (Fsp3) is 0.500. The van der Waals surface area contributed by atoms with Crippen LogP contribution in [0.5, 0.6) is 0 Å². The van der Waals surface area contributed by atoms with Gasteiger partial charge in [0, 0.05) is 63.8 Å². The van der Waals surface area contributed by atoms with Gasteiger partial charge in [-0.15, -0.1) is 5.10 Å². The highest BCUT2D eigenvalue weighted by molar-refractivity contribution is 5.94. The Bertz CT molecular complexity index is 1640. The second-order valence-corrected chi connectivity index (χ2v) is 14.4. The summed E-state index contributed by atoms with van der Waals surface area (Å²) in [6, 6.07) is 15.3. The number of nitrogens with one attached hydrogen (secondary N) is 2. The lowest BCUT2D eigenvalue weighted by molar-refractivity contribution is 0.0827. The van der Waals surface area contributed by atoms with Crippen molar-refractivity contribution in [2.75, 3.05) is 41.3 Å². The van der Waals surface area contributed by atoms with Gasteiger partial charge in [-0.3, -0.25) is 4.79 Å². The molecule has 2 aromatic carbocycles. The molecule has 1 saturated carbocycles. The van der Waals surface area contributed by atoms with Crippen LogP contribution in [0.3, 0.4) is 0 Å². The molecule has 10 heteroatoms. The number of hydrogen-bond donors (Lipinski definition) is 2. The quantitative estimate of drug-likeness (QED) is 0.314. The second-order valence-electron chi connectivity index (χ2n) is 14.4. The Kier molecular flexibility index (Phi) is 9.44. The van der Waals surface area contributed by atoms with Gasteiger partial charge in [-0.2, -0.15) is 5.26 Å². The van der Waals surface area contributed by atoms with E-state index in [1.807, 2.05) is 25.1 Å². The lowest BCUT2D eigenvalue weighted by atomic mass is 9.62. The summed E-state index contributed by atoms with van der Waals surface area (Å²) in [7, 11) is 7.62. The molecular formula is C38H49N9O. The van der Waals surface area contributed by atoms with Crippen molar-refractivity contribution < 1.29 is 4.79 Å². The Balaban J connectivity index is 1.52. The summed E-state index contributed by atoms with van der Waals surface area (Å²) in [6.45, 7) is 10.3. The molecule has 2 fully saturated rings. The molecule has 6 rings (SSSR count). The van der Waals surface area contributed by atoms with Crippen LogP contribution in [0.1, 0.15) is 95.4 Å². The maximum atomic E-state index is 13.2. The normalized spacial score (nSPS) is 21.4. The second kappa shape index (κ2) is 13.6. The van der Waals surface area contributed by atoms with E-state index in [-0.39, 0.29) is 17.5 Å². The van der Waals surface area contributed by atoms with E-state index in [0.717, 1.165) is 92.4 Å². The number of carbonyl (C=O) groups excluding carboxylic acids is 1. The number of nitrogens with zero attached hydrogens (tertiary/aromatic N) is 7. The molecule has 2 heterocycles. The Morgan fingerprint density at radius 2 is 1.67 bits per heavy atom. The predicted molar refractivity (Wildman–Crippen MR) is 188 cm³/mol. The number of aryl methyl sites for hydroxylation is 2. The molecule has 2 N–H and O–H groups in total. The molecule has 3 aromatic rings. The predicted octanol–water partition coefficient (Wildman–Crippen LogP) is 5.05. The van der Waals surface area contributed by atoms with Crippen molar-refractivity contribution in [3.05, 3.63) is 94.5 Å². The summed E-state index contributed by atoms with van der Waals surface area (Å²) in [5, 5.41) is 30.0. The molecule has 10 nitrogen and oxygen atoms in total. The van der Waals surface area contributed by atoms with Crippen LogP contribution in [0, 0.1) is 11.3 Å². The monoisotopic (exact) mass is 647 g/mol. The van der Waals surface area contributed by atoms with Gasteiger partial charge < -0.3 is 20.0 Å². The zero-order valence-electron chi connectivity index (χ0n) is 29.0.